The number of hydrogen-bond donors (Lipinski definition) is 1. The Morgan fingerprint density at radius 2 is 2.12 bits per heavy atom. The van der Waals surface area contributed by atoms with Gasteiger partial charge in [0, 0.05) is 13.0 Å². The second kappa shape index (κ2) is 5.83. The van der Waals surface area contributed by atoms with E-state index in [9.17, 15) is 0 Å². The topological polar surface area (TPSA) is 76.7 Å². The fourth-order valence-corrected chi connectivity index (χ4v) is 2.08. The van der Waals surface area contributed by atoms with Crippen molar-refractivity contribution in [1.82, 2.24) is 25.1 Å². The Labute approximate surface area is 104 Å². The summed E-state index contributed by atoms with van der Waals surface area (Å²) in [7, 11) is 1.89. The van der Waals surface area contributed by atoms with E-state index >= 15 is 0 Å². The average molecular weight is 253 g/mol. The van der Waals surface area contributed by atoms with Gasteiger partial charge in [-0.2, -0.15) is 0 Å². The molecular formula is C10H15N5OS. The molecule has 0 bridgehead atoms. The molecule has 0 spiro atoms. The van der Waals surface area contributed by atoms with Crippen LogP contribution in [-0.2, 0) is 12.8 Å². The normalized spacial score (nSPS) is 10.9. The molecule has 0 atom stereocenters. The molecule has 0 unspecified atom stereocenters. The first-order valence-corrected chi connectivity index (χ1v) is 6.41. The fourth-order valence-electron chi connectivity index (χ4n) is 1.45. The molecule has 92 valence electrons. The second-order valence-corrected chi connectivity index (χ2v) is 4.41. The van der Waals surface area contributed by atoms with Crippen molar-refractivity contribution in [1.29, 1.82) is 0 Å². The highest BCUT2D eigenvalue weighted by Crippen LogP contribution is 2.25. The summed E-state index contributed by atoms with van der Waals surface area (Å²) in [5.74, 6) is 1.18. The minimum Gasteiger partial charge on any atom is -0.420 e. The summed E-state index contributed by atoms with van der Waals surface area (Å²) in [6.07, 6.45) is 2.65. The molecule has 0 radical (unpaired) electrons. The lowest BCUT2D eigenvalue weighted by Gasteiger charge is -1.94. The van der Waals surface area contributed by atoms with Crippen LogP contribution in [0.4, 0.5) is 0 Å². The van der Waals surface area contributed by atoms with Gasteiger partial charge in [0.25, 0.3) is 5.89 Å². The number of hydrogen-bond acceptors (Lipinski definition) is 7. The van der Waals surface area contributed by atoms with Gasteiger partial charge in [-0.3, -0.25) is 0 Å². The van der Waals surface area contributed by atoms with E-state index in [2.05, 4.69) is 32.0 Å². The van der Waals surface area contributed by atoms with Crippen LogP contribution in [-0.4, -0.2) is 33.4 Å². The number of aryl methyl sites for hydroxylation is 1. The maximum atomic E-state index is 5.59. The van der Waals surface area contributed by atoms with E-state index in [1.807, 2.05) is 7.05 Å². The van der Waals surface area contributed by atoms with Gasteiger partial charge in [0.1, 0.15) is 4.88 Å². The Morgan fingerprint density at radius 1 is 1.24 bits per heavy atom. The van der Waals surface area contributed by atoms with Gasteiger partial charge in [-0.25, -0.2) is 0 Å². The van der Waals surface area contributed by atoms with Crippen molar-refractivity contribution in [2.24, 2.45) is 0 Å². The quantitative estimate of drug-likeness (QED) is 0.836. The summed E-state index contributed by atoms with van der Waals surface area (Å²) in [5.41, 5.74) is 0.946. The summed E-state index contributed by atoms with van der Waals surface area (Å²) in [6, 6.07) is 0. The maximum absolute atomic E-state index is 5.59. The maximum Gasteiger partial charge on any atom is 0.261 e. The van der Waals surface area contributed by atoms with E-state index in [0.717, 1.165) is 36.4 Å². The van der Waals surface area contributed by atoms with Gasteiger partial charge in [-0.15, -0.1) is 15.3 Å². The predicted octanol–water partition coefficient (Wildman–Crippen LogP) is 1.30. The molecule has 0 aliphatic rings. The van der Waals surface area contributed by atoms with Crippen LogP contribution < -0.4 is 5.32 Å². The predicted molar refractivity (Wildman–Crippen MR) is 64.8 cm³/mol. The Kier molecular flexibility index (Phi) is 4.16. The zero-order chi connectivity index (χ0) is 12.1. The Bertz CT molecular complexity index is 467. The molecule has 1 N–H and O–H groups in total. The zero-order valence-corrected chi connectivity index (χ0v) is 10.8. The molecule has 0 aromatic carbocycles. The molecule has 0 aliphatic heterocycles. The van der Waals surface area contributed by atoms with E-state index in [1.165, 1.54) is 11.5 Å². The SMILES string of the molecule is CCCc1nnsc1-c1nnc(CCNC)o1. The standard InChI is InChI=1S/C10H15N5OS/c1-3-4-7-9(17-15-12-7)10-14-13-8(16-10)5-6-11-2/h11H,3-6H2,1-2H3. The summed E-state index contributed by atoms with van der Waals surface area (Å²) in [4.78, 5) is 0.898. The van der Waals surface area contributed by atoms with Crippen LogP contribution in [0.5, 0.6) is 0 Å². The number of nitrogens with one attached hydrogen (secondary N) is 1. The molecule has 0 aliphatic carbocycles. The molecule has 2 rings (SSSR count). The average Bonchev–Trinajstić information content (AvgIpc) is 2.95. The van der Waals surface area contributed by atoms with Crippen molar-refractivity contribution in [3.05, 3.63) is 11.6 Å². The van der Waals surface area contributed by atoms with Crippen LogP contribution in [0.15, 0.2) is 4.42 Å². The molecule has 0 saturated heterocycles. The fraction of sp³-hybridized carbons (Fsp3) is 0.600. The minimum absolute atomic E-state index is 0.537. The van der Waals surface area contributed by atoms with Crippen LogP contribution in [0.1, 0.15) is 24.9 Å². The summed E-state index contributed by atoms with van der Waals surface area (Å²) in [6.45, 7) is 2.93. The molecule has 2 aromatic heterocycles. The first-order chi connectivity index (χ1) is 8.35. The van der Waals surface area contributed by atoms with E-state index in [-0.39, 0.29) is 0 Å². The van der Waals surface area contributed by atoms with Crippen molar-refractivity contribution in [2.45, 2.75) is 26.2 Å². The molecule has 0 fully saturated rings. The third-order valence-electron chi connectivity index (χ3n) is 2.29. The van der Waals surface area contributed by atoms with E-state index in [1.54, 1.807) is 0 Å². The number of rotatable bonds is 6. The summed E-state index contributed by atoms with van der Waals surface area (Å²) >= 11 is 1.31. The van der Waals surface area contributed by atoms with E-state index in [0.29, 0.717) is 11.8 Å². The number of aromatic nitrogens is 4. The van der Waals surface area contributed by atoms with Crippen LogP contribution in [0.3, 0.4) is 0 Å². The first-order valence-electron chi connectivity index (χ1n) is 5.63. The van der Waals surface area contributed by atoms with Gasteiger partial charge >= 0.3 is 0 Å². The van der Waals surface area contributed by atoms with Gasteiger partial charge in [0.05, 0.1) is 5.69 Å². The van der Waals surface area contributed by atoms with Crippen molar-refractivity contribution >= 4 is 11.5 Å². The second-order valence-electron chi connectivity index (χ2n) is 3.65. The minimum atomic E-state index is 0.537. The third kappa shape index (κ3) is 2.86. The third-order valence-corrected chi connectivity index (χ3v) is 3.05. The van der Waals surface area contributed by atoms with Crippen molar-refractivity contribution in [2.75, 3.05) is 13.6 Å². The Hall–Kier alpha value is -1.34. The monoisotopic (exact) mass is 253 g/mol. The largest absolute Gasteiger partial charge is 0.420 e. The highest BCUT2D eigenvalue weighted by Gasteiger charge is 2.16. The summed E-state index contributed by atoms with van der Waals surface area (Å²) in [5, 5.41) is 15.2. The molecule has 2 aromatic rings. The Balaban J connectivity index is 2.15. The molecule has 7 heteroatoms. The molecule has 0 saturated carbocycles. The first kappa shape index (κ1) is 12.1. The highest BCUT2D eigenvalue weighted by atomic mass is 32.1. The van der Waals surface area contributed by atoms with Gasteiger partial charge in [0.15, 0.2) is 0 Å². The molecule has 2 heterocycles. The van der Waals surface area contributed by atoms with Gasteiger partial charge in [0.2, 0.25) is 5.89 Å². The van der Waals surface area contributed by atoms with Crippen molar-refractivity contribution < 1.29 is 4.42 Å². The zero-order valence-electron chi connectivity index (χ0n) is 9.93. The van der Waals surface area contributed by atoms with E-state index in [4.69, 9.17) is 4.42 Å². The Morgan fingerprint density at radius 3 is 2.88 bits per heavy atom. The van der Waals surface area contributed by atoms with Crippen LogP contribution in [0.25, 0.3) is 10.8 Å². The molecule has 6 nitrogen and oxygen atoms in total. The van der Waals surface area contributed by atoms with E-state index < -0.39 is 0 Å². The van der Waals surface area contributed by atoms with Crippen LogP contribution in [0, 0.1) is 0 Å². The lowest BCUT2D eigenvalue weighted by molar-refractivity contribution is 0.500. The summed E-state index contributed by atoms with van der Waals surface area (Å²) < 4.78 is 9.53. The number of nitrogens with zero attached hydrogens (tertiary/aromatic N) is 4. The molecule has 17 heavy (non-hydrogen) atoms. The van der Waals surface area contributed by atoms with Crippen LogP contribution in [0.2, 0.25) is 0 Å². The lowest BCUT2D eigenvalue weighted by atomic mass is 10.2. The van der Waals surface area contributed by atoms with Gasteiger partial charge < -0.3 is 9.73 Å². The lowest BCUT2D eigenvalue weighted by Crippen LogP contribution is -2.10. The smallest absolute Gasteiger partial charge is 0.261 e. The van der Waals surface area contributed by atoms with Crippen molar-refractivity contribution in [3.8, 4) is 10.8 Å². The van der Waals surface area contributed by atoms with Crippen LogP contribution >= 0.6 is 11.5 Å². The van der Waals surface area contributed by atoms with Gasteiger partial charge in [-0.05, 0) is 25.0 Å². The molecular weight excluding hydrogens is 238 g/mol. The van der Waals surface area contributed by atoms with Crippen molar-refractivity contribution in [3.63, 3.8) is 0 Å². The van der Waals surface area contributed by atoms with Gasteiger partial charge in [-0.1, -0.05) is 17.8 Å². The molecule has 0 amide bonds. The highest BCUT2D eigenvalue weighted by molar-refractivity contribution is 7.09. The number of likely N-dealkylation sites (N-methyl/N-ethyl adjacent to an activating group) is 1.